The summed E-state index contributed by atoms with van der Waals surface area (Å²) >= 11 is 3.12. The summed E-state index contributed by atoms with van der Waals surface area (Å²) in [4.78, 5) is 3.73. The molecule has 0 radical (unpaired) electrons. The third-order valence-corrected chi connectivity index (χ3v) is 2.20. The van der Waals surface area contributed by atoms with Gasteiger partial charge in [0.05, 0.1) is 5.69 Å². The molecule has 3 nitrogen and oxygen atoms in total. The Morgan fingerprint density at radius 1 is 1.53 bits per heavy atom. The molecule has 1 rings (SSSR count). The first-order valence-corrected chi connectivity index (χ1v) is 4.62. The van der Waals surface area contributed by atoms with Gasteiger partial charge in [-0.05, 0) is 28.1 Å². The van der Waals surface area contributed by atoms with Crippen molar-refractivity contribution in [3.63, 3.8) is 0 Å². The van der Waals surface area contributed by atoms with Gasteiger partial charge >= 0.3 is 0 Å². The lowest BCUT2D eigenvalue weighted by Gasteiger charge is -2.20. The Kier molecular flexibility index (Phi) is 5.58. The monoisotopic (exact) mass is 302 g/mol. The van der Waals surface area contributed by atoms with Crippen LogP contribution in [0.3, 0.4) is 0 Å². The van der Waals surface area contributed by atoms with Crippen molar-refractivity contribution in [3.8, 4) is 0 Å². The quantitative estimate of drug-likeness (QED) is 0.896. The molecule has 3 N–H and O–H groups in total. The minimum atomic E-state index is -3.35. The predicted octanol–water partition coefficient (Wildman–Crippen LogP) is 1.89. The van der Waals surface area contributed by atoms with E-state index in [-0.39, 0.29) is 18.1 Å². The highest BCUT2D eigenvalue weighted by atomic mass is 79.9. The SMILES string of the molecule is Cl.N[C@H](c1ccc(Br)cn1)C(F)(F)CO. The zero-order chi connectivity index (χ0) is 10.8. The number of rotatable bonds is 3. The highest BCUT2D eigenvalue weighted by Gasteiger charge is 2.38. The minimum Gasteiger partial charge on any atom is -0.390 e. The maximum Gasteiger partial charge on any atom is 0.291 e. The average molecular weight is 304 g/mol. The summed E-state index contributed by atoms with van der Waals surface area (Å²) in [5.41, 5.74) is 5.29. The molecule has 0 bridgehead atoms. The fraction of sp³-hybridized carbons (Fsp3) is 0.375. The molecule has 0 saturated heterocycles. The molecule has 0 spiro atoms. The highest BCUT2D eigenvalue weighted by molar-refractivity contribution is 9.10. The topological polar surface area (TPSA) is 59.1 Å². The van der Waals surface area contributed by atoms with Crippen LogP contribution < -0.4 is 5.73 Å². The van der Waals surface area contributed by atoms with Gasteiger partial charge in [0, 0.05) is 10.7 Å². The zero-order valence-corrected chi connectivity index (χ0v) is 9.93. The van der Waals surface area contributed by atoms with Gasteiger partial charge in [0.25, 0.3) is 5.92 Å². The first-order valence-electron chi connectivity index (χ1n) is 3.83. The van der Waals surface area contributed by atoms with Crippen LogP contribution in [0.15, 0.2) is 22.8 Å². The van der Waals surface area contributed by atoms with Gasteiger partial charge in [0.1, 0.15) is 12.6 Å². The van der Waals surface area contributed by atoms with Crippen LogP contribution in [-0.4, -0.2) is 22.6 Å². The predicted molar refractivity (Wildman–Crippen MR) is 58.1 cm³/mol. The molecule has 0 saturated carbocycles. The molecule has 1 aromatic rings. The number of halogens is 4. The maximum absolute atomic E-state index is 12.9. The van der Waals surface area contributed by atoms with Crippen molar-refractivity contribution in [2.75, 3.05) is 6.61 Å². The Morgan fingerprint density at radius 3 is 2.53 bits per heavy atom. The second kappa shape index (κ2) is 5.69. The summed E-state index contributed by atoms with van der Waals surface area (Å²) in [7, 11) is 0. The van der Waals surface area contributed by atoms with E-state index in [1.165, 1.54) is 12.3 Å². The molecule has 0 aliphatic heterocycles. The molecular weight excluding hydrogens is 293 g/mol. The molecule has 0 amide bonds. The van der Waals surface area contributed by atoms with E-state index in [2.05, 4.69) is 20.9 Å². The molecular formula is C8H10BrClF2N2O. The molecule has 86 valence electrons. The van der Waals surface area contributed by atoms with Crippen LogP contribution in [0.4, 0.5) is 8.78 Å². The number of hydrogen-bond donors (Lipinski definition) is 2. The van der Waals surface area contributed by atoms with Crippen molar-refractivity contribution in [2.24, 2.45) is 5.73 Å². The second-order valence-corrected chi connectivity index (χ2v) is 3.71. The summed E-state index contributed by atoms with van der Waals surface area (Å²) in [6, 6.07) is 1.37. The van der Waals surface area contributed by atoms with Crippen molar-refractivity contribution in [2.45, 2.75) is 12.0 Å². The lowest BCUT2D eigenvalue weighted by molar-refractivity contribution is -0.0721. The van der Waals surface area contributed by atoms with Gasteiger partial charge in [-0.15, -0.1) is 12.4 Å². The van der Waals surface area contributed by atoms with Crippen molar-refractivity contribution in [1.29, 1.82) is 0 Å². The summed E-state index contributed by atoms with van der Waals surface area (Å²) < 4.78 is 26.5. The highest BCUT2D eigenvalue weighted by Crippen LogP contribution is 2.27. The number of nitrogens with two attached hydrogens (primary N) is 1. The molecule has 1 aromatic heterocycles. The summed E-state index contributed by atoms with van der Waals surface area (Å²) in [6.45, 7) is -1.29. The smallest absolute Gasteiger partial charge is 0.291 e. The lowest BCUT2D eigenvalue weighted by Crippen LogP contribution is -2.36. The van der Waals surface area contributed by atoms with Gasteiger partial charge in [-0.1, -0.05) is 0 Å². The van der Waals surface area contributed by atoms with Gasteiger partial charge in [-0.3, -0.25) is 4.98 Å². The number of hydrogen-bond acceptors (Lipinski definition) is 3. The number of aliphatic hydroxyl groups excluding tert-OH is 1. The number of alkyl halides is 2. The van der Waals surface area contributed by atoms with Gasteiger partial charge in [-0.25, -0.2) is 8.78 Å². The molecule has 15 heavy (non-hydrogen) atoms. The largest absolute Gasteiger partial charge is 0.390 e. The lowest BCUT2D eigenvalue weighted by atomic mass is 10.1. The van der Waals surface area contributed by atoms with Crippen LogP contribution in [0, 0.1) is 0 Å². The third kappa shape index (κ3) is 3.64. The fourth-order valence-electron chi connectivity index (χ4n) is 0.886. The number of pyridine rings is 1. The molecule has 1 heterocycles. The molecule has 1 atom stereocenters. The first kappa shape index (κ1) is 14.7. The normalized spacial score (nSPS) is 13.1. The second-order valence-electron chi connectivity index (χ2n) is 2.80. The van der Waals surface area contributed by atoms with E-state index < -0.39 is 18.6 Å². The number of aliphatic hydroxyl groups is 1. The van der Waals surface area contributed by atoms with Crippen molar-refractivity contribution >= 4 is 28.3 Å². The molecule has 7 heteroatoms. The summed E-state index contributed by atoms with van der Waals surface area (Å²) in [5.74, 6) is -3.35. The molecule has 0 fully saturated rings. The molecule has 0 aromatic carbocycles. The average Bonchev–Trinajstić information content (AvgIpc) is 2.18. The van der Waals surface area contributed by atoms with Gasteiger partial charge in [-0.2, -0.15) is 0 Å². The third-order valence-electron chi connectivity index (χ3n) is 1.73. The van der Waals surface area contributed by atoms with E-state index in [1.54, 1.807) is 6.07 Å². The Hall–Kier alpha value is -0.300. The van der Waals surface area contributed by atoms with Crippen LogP contribution >= 0.6 is 28.3 Å². The van der Waals surface area contributed by atoms with E-state index in [0.29, 0.717) is 4.47 Å². The van der Waals surface area contributed by atoms with E-state index in [1.807, 2.05) is 0 Å². The first-order chi connectivity index (χ1) is 6.47. The van der Waals surface area contributed by atoms with Gasteiger partial charge in [0.2, 0.25) is 0 Å². The minimum absolute atomic E-state index is 0. The van der Waals surface area contributed by atoms with E-state index in [4.69, 9.17) is 10.8 Å². The van der Waals surface area contributed by atoms with E-state index in [0.717, 1.165) is 0 Å². The molecule has 0 aliphatic rings. The Balaban J connectivity index is 0.00000196. The fourth-order valence-corrected chi connectivity index (χ4v) is 1.12. The van der Waals surface area contributed by atoms with Crippen LogP contribution in [0.5, 0.6) is 0 Å². The number of nitrogens with zero attached hydrogens (tertiary/aromatic N) is 1. The maximum atomic E-state index is 12.9. The van der Waals surface area contributed by atoms with E-state index in [9.17, 15) is 8.78 Å². The van der Waals surface area contributed by atoms with Crippen LogP contribution in [0.2, 0.25) is 0 Å². The van der Waals surface area contributed by atoms with Crippen LogP contribution in [0.25, 0.3) is 0 Å². The van der Waals surface area contributed by atoms with Crippen molar-refractivity contribution in [1.82, 2.24) is 4.98 Å². The van der Waals surface area contributed by atoms with Gasteiger partial charge < -0.3 is 10.8 Å². The van der Waals surface area contributed by atoms with Crippen LogP contribution in [0.1, 0.15) is 11.7 Å². The standard InChI is InChI=1S/C8H9BrF2N2O.ClH/c9-5-1-2-6(13-3-5)7(12)8(10,11)4-14;/h1-3,7,14H,4,12H2;1H/t7-;/m1./s1. The van der Waals surface area contributed by atoms with Gasteiger partial charge in [0.15, 0.2) is 0 Å². The van der Waals surface area contributed by atoms with E-state index >= 15 is 0 Å². The molecule has 0 aliphatic carbocycles. The Labute approximate surface area is 100 Å². The van der Waals surface area contributed by atoms with Crippen molar-refractivity contribution in [3.05, 3.63) is 28.5 Å². The van der Waals surface area contributed by atoms with Crippen molar-refractivity contribution < 1.29 is 13.9 Å². The number of aromatic nitrogens is 1. The Morgan fingerprint density at radius 2 is 2.13 bits per heavy atom. The molecule has 0 unspecified atom stereocenters. The Bertz CT molecular complexity index is 310. The summed E-state index contributed by atoms with van der Waals surface area (Å²) in [6.07, 6.45) is 1.38. The van der Waals surface area contributed by atoms with Crippen LogP contribution in [-0.2, 0) is 0 Å². The zero-order valence-electron chi connectivity index (χ0n) is 7.53. The summed E-state index contributed by atoms with van der Waals surface area (Å²) in [5, 5.41) is 8.41.